The number of hydrogen-bond donors (Lipinski definition) is 1. The molecule has 2 aromatic rings. The van der Waals surface area contributed by atoms with Crippen molar-refractivity contribution >= 4 is 33.2 Å². The van der Waals surface area contributed by atoms with Crippen LogP contribution in [0.15, 0.2) is 54.6 Å². The van der Waals surface area contributed by atoms with E-state index in [4.69, 9.17) is 5.11 Å². The Morgan fingerprint density at radius 3 is 2.22 bits per heavy atom. The second-order valence-electron chi connectivity index (χ2n) is 5.17. The summed E-state index contributed by atoms with van der Waals surface area (Å²) in [7, 11) is -3.76. The van der Waals surface area contributed by atoms with Gasteiger partial charge in [-0.05, 0) is 30.7 Å². The number of carboxylic acid groups (broad SMARTS) is 1. The number of carboxylic acids is 1. The smallest absolute Gasteiger partial charge is 0.330 e. The molecule has 1 aliphatic heterocycles. The van der Waals surface area contributed by atoms with E-state index in [0.717, 1.165) is 0 Å². The fourth-order valence-electron chi connectivity index (χ4n) is 2.64. The largest absolute Gasteiger partial charge is 0.481 e. The third-order valence-corrected chi connectivity index (χ3v) is 5.43. The summed E-state index contributed by atoms with van der Waals surface area (Å²) in [5.74, 6) is -0.935. The van der Waals surface area contributed by atoms with Crippen molar-refractivity contribution in [1.82, 2.24) is 0 Å². The Bertz CT molecular complexity index is 821. The zero-order valence-corrected chi connectivity index (χ0v) is 13.1. The first kappa shape index (κ1) is 15.4. The number of para-hydroxylation sites is 3. The fraction of sp³-hybridized carbons (Fsp3) is 0.188. The maximum absolute atomic E-state index is 12.9. The summed E-state index contributed by atoms with van der Waals surface area (Å²) in [4.78, 5) is 10.7. The van der Waals surface area contributed by atoms with E-state index >= 15 is 0 Å². The molecule has 1 heterocycles. The van der Waals surface area contributed by atoms with Gasteiger partial charge in [-0.2, -0.15) is 8.42 Å². The van der Waals surface area contributed by atoms with Crippen LogP contribution in [0.4, 0.5) is 17.1 Å². The van der Waals surface area contributed by atoms with Crippen molar-refractivity contribution in [2.45, 2.75) is 12.8 Å². The van der Waals surface area contributed by atoms with Crippen LogP contribution in [0.25, 0.3) is 0 Å². The number of rotatable bonds is 5. The summed E-state index contributed by atoms with van der Waals surface area (Å²) in [6, 6.07) is 15.9. The fourth-order valence-corrected chi connectivity index (χ4v) is 4.39. The lowest BCUT2D eigenvalue weighted by Crippen LogP contribution is -2.36. The van der Waals surface area contributed by atoms with Crippen molar-refractivity contribution in [2.24, 2.45) is 0 Å². The maximum Gasteiger partial charge on any atom is 0.330 e. The van der Waals surface area contributed by atoms with Crippen molar-refractivity contribution < 1.29 is 18.3 Å². The molecule has 0 bridgehead atoms. The number of carbonyl (C=O) groups is 1. The zero-order valence-electron chi connectivity index (χ0n) is 12.3. The van der Waals surface area contributed by atoms with Crippen LogP contribution >= 0.6 is 0 Å². The highest BCUT2D eigenvalue weighted by Crippen LogP contribution is 2.44. The molecule has 0 aromatic heterocycles. The van der Waals surface area contributed by atoms with Crippen LogP contribution in [0.5, 0.6) is 0 Å². The van der Waals surface area contributed by atoms with Gasteiger partial charge in [-0.3, -0.25) is 9.10 Å². The lowest BCUT2D eigenvalue weighted by molar-refractivity contribution is -0.137. The average Bonchev–Trinajstić information content (AvgIpc) is 2.75. The molecular formula is C16H16N2O4S. The van der Waals surface area contributed by atoms with Gasteiger partial charge in [0.1, 0.15) is 0 Å². The third kappa shape index (κ3) is 2.75. The van der Waals surface area contributed by atoms with E-state index in [1.807, 2.05) is 6.07 Å². The van der Waals surface area contributed by atoms with Gasteiger partial charge < -0.3 is 5.11 Å². The first-order valence-electron chi connectivity index (χ1n) is 7.20. The van der Waals surface area contributed by atoms with Crippen LogP contribution in [-0.2, 0) is 15.0 Å². The van der Waals surface area contributed by atoms with Gasteiger partial charge in [0.2, 0.25) is 0 Å². The normalized spacial score (nSPS) is 15.5. The van der Waals surface area contributed by atoms with E-state index in [1.54, 1.807) is 48.5 Å². The number of aliphatic carboxylic acids is 1. The Morgan fingerprint density at radius 1 is 0.957 bits per heavy atom. The zero-order chi connectivity index (χ0) is 16.4. The number of benzene rings is 2. The van der Waals surface area contributed by atoms with E-state index in [2.05, 4.69) is 0 Å². The van der Waals surface area contributed by atoms with Gasteiger partial charge in [0, 0.05) is 13.0 Å². The molecule has 0 atom stereocenters. The monoisotopic (exact) mass is 332 g/mol. The predicted molar refractivity (Wildman–Crippen MR) is 88.2 cm³/mol. The van der Waals surface area contributed by atoms with Gasteiger partial charge in [0.25, 0.3) is 0 Å². The first-order chi connectivity index (χ1) is 11.0. The average molecular weight is 332 g/mol. The van der Waals surface area contributed by atoms with Gasteiger partial charge in [-0.15, -0.1) is 0 Å². The summed E-state index contributed by atoms with van der Waals surface area (Å²) in [5.41, 5.74) is 1.71. The maximum atomic E-state index is 12.9. The molecule has 23 heavy (non-hydrogen) atoms. The Morgan fingerprint density at radius 2 is 1.57 bits per heavy atom. The Hall–Kier alpha value is -2.54. The molecule has 0 saturated carbocycles. The molecule has 7 heteroatoms. The summed E-state index contributed by atoms with van der Waals surface area (Å²) < 4.78 is 28.4. The van der Waals surface area contributed by atoms with E-state index < -0.39 is 16.2 Å². The lowest BCUT2D eigenvalue weighted by Gasteiger charge is -2.21. The van der Waals surface area contributed by atoms with Gasteiger partial charge in [0.05, 0.1) is 17.1 Å². The highest BCUT2D eigenvalue weighted by atomic mass is 32.2. The standard InChI is InChI=1S/C16H16N2O4S/c19-16(20)11-6-12-17-14-9-4-5-10-15(14)18(23(17,21)22)13-7-2-1-3-8-13/h1-5,7-10H,6,11-12H2,(H,19,20). The Kier molecular flexibility index (Phi) is 3.96. The van der Waals surface area contributed by atoms with E-state index in [1.165, 1.54) is 8.61 Å². The number of hydrogen-bond acceptors (Lipinski definition) is 3. The highest BCUT2D eigenvalue weighted by molar-refractivity contribution is 7.95. The van der Waals surface area contributed by atoms with Crippen molar-refractivity contribution in [3.8, 4) is 0 Å². The molecule has 3 rings (SSSR count). The Labute approximate surface area is 134 Å². The number of anilines is 3. The lowest BCUT2D eigenvalue weighted by atomic mass is 10.2. The molecule has 0 spiro atoms. The summed E-state index contributed by atoms with van der Waals surface area (Å²) >= 11 is 0. The van der Waals surface area contributed by atoms with Crippen molar-refractivity contribution in [2.75, 3.05) is 15.2 Å². The predicted octanol–water partition coefficient (Wildman–Crippen LogP) is 2.75. The molecule has 0 unspecified atom stereocenters. The topological polar surface area (TPSA) is 77.9 Å². The van der Waals surface area contributed by atoms with Crippen LogP contribution in [0.3, 0.4) is 0 Å². The van der Waals surface area contributed by atoms with Gasteiger partial charge in [-0.1, -0.05) is 30.3 Å². The summed E-state index contributed by atoms with van der Waals surface area (Å²) in [6.45, 7) is 0.134. The van der Waals surface area contributed by atoms with E-state index in [0.29, 0.717) is 17.1 Å². The molecule has 0 aliphatic carbocycles. The van der Waals surface area contributed by atoms with Gasteiger partial charge in [0.15, 0.2) is 0 Å². The Balaban J connectivity index is 2.01. The minimum atomic E-state index is -3.76. The minimum Gasteiger partial charge on any atom is -0.481 e. The van der Waals surface area contributed by atoms with Gasteiger partial charge in [-0.25, -0.2) is 4.31 Å². The molecule has 120 valence electrons. The number of nitrogens with zero attached hydrogens (tertiary/aromatic N) is 2. The van der Waals surface area contributed by atoms with Crippen LogP contribution in [-0.4, -0.2) is 26.0 Å². The molecule has 0 amide bonds. The highest BCUT2D eigenvalue weighted by Gasteiger charge is 2.40. The molecule has 6 nitrogen and oxygen atoms in total. The van der Waals surface area contributed by atoms with Crippen LogP contribution in [0.2, 0.25) is 0 Å². The van der Waals surface area contributed by atoms with E-state index in [-0.39, 0.29) is 19.4 Å². The molecule has 0 radical (unpaired) electrons. The molecule has 1 aliphatic rings. The van der Waals surface area contributed by atoms with E-state index in [9.17, 15) is 13.2 Å². The summed E-state index contributed by atoms with van der Waals surface area (Å²) in [5, 5.41) is 8.76. The SMILES string of the molecule is O=C(O)CCCN1c2ccccc2N(c2ccccc2)S1(=O)=O. The van der Waals surface area contributed by atoms with Crippen molar-refractivity contribution in [1.29, 1.82) is 0 Å². The second-order valence-corrected chi connectivity index (χ2v) is 6.87. The van der Waals surface area contributed by atoms with Crippen molar-refractivity contribution in [3.05, 3.63) is 54.6 Å². The second kappa shape index (κ2) is 5.92. The molecule has 2 aromatic carbocycles. The third-order valence-electron chi connectivity index (χ3n) is 3.62. The van der Waals surface area contributed by atoms with Crippen LogP contribution in [0.1, 0.15) is 12.8 Å². The van der Waals surface area contributed by atoms with Crippen LogP contribution < -0.4 is 8.61 Å². The molecule has 1 N–H and O–H groups in total. The molecular weight excluding hydrogens is 316 g/mol. The number of fused-ring (bicyclic) bond motifs is 1. The van der Waals surface area contributed by atoms with Gasteiger partial charge >= 0.3 is 16.2 Å². The molecule has 0 saturated heterocycles. The first-order valence-corrected chi connectivity index (χ1v) is 8.60. The van der Waals surface area contributed by atoms with Crippen molar-refractivity contribution in [3.63, 3.8) is 0 Å². The molecule has 0 fully saturated rings. The minimum absolute atomic E-state index is 0.0699. The summed E-state index contributed by atoms with van der Waals surface area (Å²) in [6.07, 6.45) is 0.186. The van der Waals surface area contributed by atoms with Crippen LogP contribution in [0, 0.1) is 0 Å². The quantitative estimate of drug-likeness (QED) is 0.913.